The highest BCUT2D eigenvalue weighted by Crippen LogP contribution is 2.55. The summed E-state index contributed by atoms with van der Waals surface area (Å²) in [5.41, 5.74) is 0. The third kappa shape index (κ3) is 5.12. The Morgan fingerprint density at radius 1 is 0.536 bits per heavy atom. The van der Waals surface area contributed by atoms with E-state index >= 15 is 0 Å². The number of benzene rings is 3. The molecule has 0 fully saturated rings. The first-order chi connectivity index (χ1) is 13.7. The first kappa shape index (κ1) is 20.8. The van der Waals surface area contributed by atoms with Gasteiger partial charge in [0, 0.05) is 0 Å². The topological polar surface area (TPSA) is 0 Å². The smallest absolute Gasteiger partial charge is 0.0628 e. The Kier molecular flexibility index (Phi) is 7.87. The van der Waals surface area contributed by atoms with Gasteiger partial charge in [-0.1, -0.05) is 87.7 Å². The molecule has 0 unspecified atom stereocenters. The molecule has 0 radical (unpaired) electrons. The van der Waals surface area contributed by atoms with Crippen molar-refractivity contribution in [1.29, 1.82) is 0 Å². The van der Waals surface area contributed by atoms with Crippen molar-refractivity contribution in [2.24, 2.45) is 5.92 Å². The van der Waals surface area contributed by atoms with Crippen LogP contribution in [0.2, 0.25) is 0 Å². The van der Waals surface area contributed by atoms with Crippen LogP contribution in [0.4, 0.5) is 0 Å². The molecule has 0 aromatic heterocycles. The lowest BCUT2D eigenvalue weighted by Gasteiger charge is -2.27. The zero-order valence-corrected chi connectivity index (χ0v) is 18.3. The minimum atomic E-state index is -1.62. The van der Waals surface area contributed by atoms with E-state index in [1.807, 2.05) is 0 Å². The molecule has 0 N–H and O–H groups in total. The summed E-state index contributed by atoms with van der Waals surface area (Å²) in [5.74, 6) is 0.824. The fraction of sp³-hybridized carbons (Fsp3) is 0.333. The minimum absolute atomic E-state index is 0.824. The number of rotatable bonds is 10. The largest absolute Gasteiger partial charge is 0.112 e. The second kappa shape index (κ2) is 10.6. The van der Waals surface area contributed by atoms with Gasteiger partial charge in [-0.25, -0.2) is 0 Å². The number of hydrogen-bond donors (Lipinski definition) is 0. The maximum Gasteiger partial charge on any atom is 0.112 e. The van der Waals surface area contributed by atoms with E-state index < -0.39 is 7.26 Å². The Hall–Kier alpha value is -1.91. The minimum Gasteiger partial charge on any atom is -0.0628 e. The third-order valence-corrected chi connectivity index (χ3v) is 10.1. The van der Waals surface area contributed by atoms with Crippen molar-refractivity contribution in [3.05, 3.63) is 91.0 Å². The van der Waals surface area contributed by atoms with Gasteiger partial charge in [0.2, 0.25) is 0 Å². The fourth-order valence-corrected chi connectivity index (χ4v) is 8.55. The van der Waals surface area contributed by atoms with Gasteiger partial charge in [0.15, 0.2) is 0 Å². The summed E-state index contributed by atoms with van der Waals surface area (Å²) in [4.78, 5) is 0. The van der Waals surface area contributed by atoms with Gasteiger partial charge in [-0.2, -0.15) is 0 Å². The van der Waals surface area contributed by atoms with Crippen molar-refractivity contribution >= 4 is 23.2 Å². The second-order valence-electron chi connectivity index (χ2n) is 8.14. The van der Waals surface area contributed by atoms with Gasteiger partial charge >= 0.3 is 0 Å². The Morgan fingerprint density at radius 2 is 0.929 bits per heavy atom. The molecule has 0 aliphatic carbocycles. The predicted molar refractivity (Wildman–Crippen MR) is 128 cm³/mol. The quantitative estimate of drug-likeness (QED) is 0.271. The molecule has 3 rings (SSSR count). The highest BCUT2D eigenvalue weighted by Gasteiger charge is 2.44. The Morgan fingerprint density at radius 3 is 1.32 bits per heavy atom. The SMILES string of the molecule is CC(C)CCCCCC[P+](c1ccccc1)(c1ccccc1)c1ccccc1. The molecule has 146 valence electrons. The maximum absolute atomic E-state index is 2.35. The van der Waals surface area contributed by atoms with Gasteiger partial charge in [0.1, 0.15) is 23.2 Å². The van der Waals surface area contributed by atoms with Crippen LogP contribution in [0.15, 0.2) is 91.0 Å². The normalized spacial score (nSPS) is 11.7. The van der Waals surface area contributed by atoms with E-state index in [9.17, 15) is 0 Å². The van der Waals surface area contributed by atoms with Gasteiger partial charge in [-0.05, 0) is 55.2 Å². The summed E-state index contributed by atoms with van der Waals surface area (Å²) in [7, 11) is -1.62. The summed E-state index contributed by atoms with van der Waals surface area (Å²) in [5, 5.41) is 4.53. The lowest BCUT2D eigenvalue weighted by molar-refractivity contribution is 0.525. The Balaban J connectivity index is 1.93. The van der Waals surface area contributed by atoms with Crippen LogP contribution in [0.3, 0.4) is 0 Å². The molecule has 0 atom stereocenters. The molecule has 0 nitrogen and oxygen atoms in total. The average molecular weight is 390 g/mol. The zero-order chi connectivity index (χ0) is 19.7. The highest BCUT2D eigenvalue weighted by molar-refractivity contribution is 7.95. The van der Waals surface area contributed by atoms with E-state index in [-0.39, 0.29) is 0 Å². The van der Waals surface area contributed by atoms with Crippen LogP contribution in [0, 0.1) is 5.92 Å². The molecule has 0 aliphatic rings. The standard InChI is InChI=1S/C27H34P/c1-24(2)16-8-3-4-15-23-28(25-17-9-5-10-18-25,26-19-11-6-12-20-26)27-21-13-7-14-22-27/h5-7,9-14,17-22,24H,3-4,8,15-16,23H2,1-2H3/q+1. The van der Waals surface area contributed by atoms with E-state index in [0.29, 0.717) is 0 Å². The molecule has 3 aromatic rings. The van der Waals surface area contributed by atoms with E-state index in [2.05, 4.69) is 105 Å². The van der Waals surface area contributed by atoms with E-state index in [4.69, 9.17) is 0 Å². The highest BCUT2D eigenvalue weighted by atomic mass is 31.2. The van der Waals surface area contributed by atoms with Crippen molar-refractivity contribution in [2.45, 2.75) is 46.0 Å². The average Bonchev–Trinajstić information content (AvgIpc) is 2.75. The van der Waals surface area contributed by atoms with Crippen molar-refractivity contribution in [1.82, 2.24) is 0 Å². The van der Waals surface area contributed by atoms with Crippen LogP contribution in [0.5, 0.6) is 0 Å². The van der Waals surface area contributed by atoms with Crippen LogP contribution in [-0.4, -0.2) is 6.16 Å². The van der Waals surface area contributed by atoms with Crippen LogP contribution < -0.4 is 15.9 Å². The fourth-order valence-electron chi connectivity index (χ4n) is 4.14. The van der Waals surface area contributed by atoms with Crippen molar-refractivity contribution in [3.63, 3.8) is 0 Å². The second-order valence-corrected chi connectivity index (χ2v) is 11.8. The van der Waals surface area contributed by atoms with E-state index in [1.54, 1.807) is 0 Å². The maximum atomic E-state index is 2.35. The van der Waals surface area contributed by atoms with Gasteiger partial charge in [-0.15, -0.1) is 0 Å². The summed E-state index contributed by atoms with van der Waals surface area (Å²) in [6.07, 6.45) is 7.97. The van der Waals surface area contributed by atoms with Gasteiger partial charge in [0.05, 0.1) is 6.16 Å². The zero-order valence-electron chi connectivity index (χ0n) is 17.4. The molecular formula is C27H34P+. The summed E-state index contributed by atoms with van der Waals surface area (Å²) < 4.78 is 0. The molecule has 3 aromatic carbocycles. The molecule has 0 aliphatic heterocycles. The summed E-state index contributed by atoms with van der Waals surface area (Å²) in [6, 6.07) is 33.8. The van der Waals surface area contributed by atoms with Crippen LogP contribution >= 0.6 is 7.26 Å². The molecule has 0 saturated carbocycles. The van der Waals surface area contributed by atoms with Gasteiger partial charge in [-0.3, -0.25) is 0 Å². The van der Waals surface area contributed by atoms with Crippen molar-refractivity contribution < 1.29 is 0 Å². The lowest BCUT2D eigenvalue weighted by atomic mass is 10.0. The molecule has 0 bridgehead atoms. The molecule has 28 heavy (non-hydrogen) atoms. The summed E-state index contributed by atoms with van der Waals surface area (Å²) in [6.45, 7) is 4.66. The molecule has 1 heteroatoms. The first-order valence-corrected chi connectivity index (χ1v) is 12.8. The number of unbranched alkanes of at least 4 members (excludes halogenated alkanes) is 3. The van der Waals surface area contributed by atoms with E-state index in [1.165, 1.54) is 54.2 Å². The third-order valence-electron chi connectivity index (χ3n) is 5.62. The Bertz CT molecular complexity index is 697. The van der Waals surface area contributed by atoms with E-state index in [0.717, 1.165) is 5.92 Å². The monoisotopic (exact) mass is 389 g/mol. The predicted octanol–water partition coefficient (Wildman–Crippen LogP) is 6.59. The van der Waals surface area contributed by atoms with Crippen LogP contribution in [-0.2, 0) is 0 Å². The number of hydrogen-bond acceptors (Lipinski definition) is 0. The van der Waals surface area contributed by atoms with Gasteiger partial charge < -0.3 is 0 Å². The molecule has 0 heterocycles. The van der Waals surface area contributed by atoms with Crippen molar-refractivity contribution in [2.75, 3.05) is 6.16 Å². The Labute approximate surface area is 172 Å². The van der Waals surface area contributed by atoms with Gasteiger partial charge in [0.25, 0.3) is 0 Å². The van der Waals surface area contributed by atoms with Crippen LogP contribution in [0.25, 0.3) is 0 Å². The molecular weight excluding hydrogens is 355 g/mol. The molecule has 0 saturated heterocycles. The lowest BCUT2D eigenvalue weighted by Crippen LogP contribution is -2.33. The summed E-state index contributed by atoms with van der Waals surface area (Å²) >= 11 is 0. The molecule has 0 spiro atoms. The van der Waals surface area contributed by atoms with Crippen LogP contribution in [0.1, 0.15) is 46.0 Å². The first-order valence-electron chi connectivity index (χ1n) is 10.8. The van der Waals surface area contributed by atoms with Crippen molar-refractivity contribution in [3.8, 4) is 0 Å². The molecule has 0 amide bonds.